The lowest BCUT2D eigenvalue weighted by Gasteiger charge is -2.58. The molecule has 10 nitrogen and oxygen atoms in total. The number of hydrogen-bond acceptors (Lipinski definition) is 9. The van der Waals surface area contributed by atoms with Gasteiger partial charge in [0.25, 0.3) is 10.1 Å². The molecule has 256 valence electrons. The molecule has 8 atom stereocenters. The fraction of sp³-hybridized carbons (Fsp3) is 0.839. The third-order valence-corrected chi connectivity index (χ3v) is 11.5. The van der Waals surface area contributed by atoms with Gasteiger partial charge in [-0.15, -0.1) is 0 Å². The number of rotatable bonds is 13. The smallest absolute Gasteiger partial charge is 0.426 e. The molecule has 0 saturated heterocycles. The highest BCUT2D eigenvalue weighted by molar-refractivity contribution is 7.85. The monoisotopic (exact) mass is 666 g/mol. The number of ketones is 3. The number of carbonyl (C=O) groups is 5. The van der Waals surface area contributed by atoms with E-state index in [4.69, 9.17) is 9.29 Å². The minimum absolute atomic E-state index is 0.0375. The van der Waals surface area contributed by atoms with Crippen molar-refractivity contribution in [2.45, 2.75) is 111 Å². The molecule has 0 spiro atoms. The summed E-state index contributed by atoms with van der Waals surface area (Å²) >= 11 is 0. The van der Waals surface area contributed by atoms with Crippen LogP contribution in [0.15, 0.2) is 0 Å². The minimum Gasteiger partial charge on any atom is -0.454 e. The Balaban J connectivity index is 1.56. The van der Waals surface area contributed by atoms with Crippen molar-refractivity contribution in [1.82, 2.24) is 0 Å². The van der Waals surface area contributed by atoms with Crippen LogP contribution in [-0.4, -0.2) is 66.9 Å². The lowest BCUT2D eigenvalue weighted by atomic mass is 9.44. The van der Waals surface area contributed by atoms with Crippen LogP contribution >= 0.6 is 0 Å². The Morgan fingerprint density at radius 3 is 2.33 bits per heavy atom. The molecule has 3 unspecified atom stereocenters. The number of ether oxygens (including phenoxy) is 2. The Kier molecular flexibility index (Phi) is 11.7. The van der Waals surface area contributed by atoms with Crippen molar-refractivity contribution in [3.63, 3.8) is 0 Å². The maximum atomic E-state index is 13.8. The molecule has 0 heterocycles. The Morgan fingerprint density at radius 1 is 1.07 bits per heavy atom. The van der Waals surface area contributed by atoms with Gasteiger partial charge >= 0.3 is 18.1 Å². The predicted octanol–water partition coefficient (Wildman–Crippen LogP) is 5.06. The van der Waals surface area contributed by atoms with Crippen LogP contribution in [-0.2, 0) is 43.6 Å². The van der Waals surface area contributed by atoms with E-state index < -0.39 is 52.1 Å². The van der Waals surface area contributed by atoms with E-state index in [0.29, 0.717) is 57.8 Å². The van der Waals surface area contributed by atoms with Crippen molar-refractivity contribution in [2.24, 2.45) is 40.4 Å². The lowest BCUT2D eigenvalue weighted by Crippen LogP contribution is -2.58. The van der Waals surface area contributed by atoms with Crippen LogP contribution in [0.25, 0.3) is 0 Å². The van der Waals surface area contributed by atoms with E-state index in [9.17, 15) is 45.6 Å². The Bertz CT molecular complexity index is 1260. The largest absolute Gasteiger partial charge is 0.454 e. The molecule has 3 aliphatic carbocycles. The van der Waals surface area contributed by atoms with E-state index in [1.165, 1.54) is 0 Å². The Hall–Kier alpha value is -2.35. The number of alkyl halides is 3. The molecule has 0 aromatic rings. The zero-order valence-corrected chi connectivity index (χ0v) is 27.1. The summed E-state index contributed by atoms with van der Waals surface area (Å²) in [7, 11) is -5.10. The maximum Gasteiger partial charge on any atom is 0.426 e. The van der Waals surface area contributed by atoms with Crippen molar-refractivity contribution in [1.29, 1.82) is 0 Å². The highest BCUT2D eigenvalue weighted by atomic mass is 32.2. The quantitative estimate of drug-likeness (QED) is 0.208. The molecule has 0 aromatic carbocycles. The number of hydrogen-bond donors (Lipinski definition) is 1. The van der Waals surface area contributed by atoms with Crippen molar-refractivity contribution in [3.05, 3.63) is 0 Å². The van der Waals surface area contributed by atoms with E-state index >= 15 is 0 Å². The van der Waals surface area contributed by atoms with Crippen LogP contribution in [0, 0.1) is 40.4 Å². The Labute approximate surface area is 262 Å². The van der Waals surface area contributed by atoms with Gasteiger partial charge in [-0.2, -0.15) is 21.6 Å². The third-order valence-electron chi connectivity index (χ3n) is 10.8. The fourth-order valence-corrected chi connectivity index (χ4v) is 8.55. The zero-order valence-electron chi connectivity index (χ0n) is 26.3. The molecule has 0 aliphatic heterocycles. The normalized spacial score (nSPS) is 31.7. The summed E-state index contributed by atoms with van der Waals surface area (Å²) in [6.07, 6.45) is -3.16. The third kappa shape index (κ3) is 9.14. The van der Waals surface area contributed by atoms with Crippen LogP contribution in [0.3, 0.4) is 0 Å². The SMILES string of the molecule is CCC(=O)CC[C@@]1(C)CCC(=O)[C@@H]2[C@@H]1CC(=O)[C@]1(C)CC(C(C)CCC(=O)OCC(=O)OC(CS(=O)(=O)O)C(F)(F)F)CC[C@@H]21. The van der Waals surface area contributed by atoms with Gasteiger partial charge in [-0.3, -0.25) is 23.7 Å². The van der Waals surface area contributed by atoms with E-state index in [1.54, 1.807) is 0 Å². The van der Waals surface area contributed by atoms with Gasteiger partial charge in [-0.05, 0) is 67.6 Å². The zero-order chi connectivity index (χ0) is 34.0. The number of halogens is 3. The molecule has 0 amide bonds. The standard InChI is InChI=1S/C31H45F3O10S/c1-5-20(35)10-12-29(3)13-11-23(36)28-21-8-7-19(15-30(21,4)24(37)14-22(28)29)18(2)6-9-26(38)43-16-27(39)44-25(31(32,33)34)17-45(40,41)42/h18-19,21-22,25,28H,5-17H2,1-4H3,(H,40,41,42)/t18?,19?,21-,22-,25?,28-,29-,30+/m0/s1. The second-order valence-electron chi connectivity index (χ2n) is 13.8. The summed E-state index contributed by atoms with van der Waals surface area (Å²) in [6, 6.07) is 0. The first-order valence-corrected chi connectivity index (χ1v) is 17.3. The number of esters is 2. The molecular formula is C31H45F3O10S. The highest BCUT2D eigenvalue weighted by Gasteiger charge is 2.60. The van der Waals surface area contributed by atoms with Gasteiger partial charge in [0, 0.05) is 43.4 Å². The van der Waals surface area contributed by atoms with Crippen molar-refractivity contribution in [3.8, 4) is 0 Å². The minimum atomic E-state index is -5.26. The molecule has 0 radical (unpaired) electrons. The maximum absolute atomic E-state index is 13.8. The van der Waals surface area contributed by atoms with E-state index in [1.807, 2.05) is 20.8 Å². The van der Waals surface area contributed by atoms with Crippen LogP contribution in [0.4, 0.5) is 13.2 Å². The topological polar surface area (TPSA) is 158 Å². The van der Waals surface area contributed by atoms with E-state index in [0.717, 1.165) is 6.42 Å². The van der Waals surface area contributed by atoms with Gasteiger partial charge < -0.3 is 9.47 Å². The van der Waals surface area contributed by atoms with Gasteiger partial charge in [0.05, 0.1) is 0 Å². The second-order valence-corrected chi connectivity index (χ2v) is 15.3. The summed E-state index contributed by atoms with van der Waals surface area (Å²) in [5.41, 5.74) is -0.936. The van der Waals surface area contributed by atoms with Crippen LogP contribution in [0.5, 0.6) is 0 Å². The van der Waals surface area contributed by atoms with E-state index in [2.05, 4.69) is 11.7 Å². The molecule has 0 bridgehead atoms. The molecule has 1 N–H and O–H groups in total. The second kappa shape index (κ2) is 14.2. The lowest BCUT2D eigenvalue weighted by molar-refractivity contribution is -0.217. The van der Waals surface area contributed by atoms with Crippen molar-refractivity contribution in [2.75, 3.05) is 12.4 Å². The first kappa shape index (κ1) is 37.1. The summed E-state index contributed by atoms with van der Waals surface area (Å²) < 4.78 is 78.0. The van der Waals surface area contributed by atoms with E-state index in [-0.39, 0.29) is 58.8 Å². The van der Waals surface area contributed by atoms with Gasteiger partial charge in [-0.1, -0.05) is 27.7 Å². The summed E-state index contributed by atoms with van der Waals surface area (Å²) in [5.74, 6) is -4.18. The highest BCUT2D eigenvalue weighted by Crippen LogP contribution is 2.61. The van der Waals surface area contributed by atoms with Gasteiger partial charge in [0.1, 0.15) is 23.1 Å². The summed E-state index contributed by atoms with van der Waals surface area (Å²) in [6.45, 7) is 6.68. The number of Topliss-reactive ketones (excluding diaryl/α,β-unsaturated/α-hetero) is 3. The van der Waals surface area contributed by atoms with Crippen molar-refractivity contribution < 1.29 is 59.6 Å². The molecule has 3 fully saturated rings. The first-order valence-electron chi connectivity index (χ1n) is 15.6. The average molecular weight is 667 g/mol. The van der Waals surface area contributed by atoms with Gasteiger partial charge in [-0.25, -0.2) is 4.79 Å². The molecular weight excluding hydrogens is 621 g/mol. The van der Waals surface area contributed by atoms with Crippen LogP contribution < -0.4 is 0 Å². The van der Waals surface area contributed by atoms with Crippen LogP contribution in [0.1, 0.15) is 98.3 Å². The predicted molar refractivity (Wildman–Crippen MR) is 154 cm³/mol. The number of carbonyl (C=O) groups excluding carboxylic acids is 5. The Morgan fingerprint density at radius 2 is 1.73 bits per heavy atom. The van der Waals surface area contributed by atoms with Gasteiger partial charge in [0.2, 0.25) is 6.10 Å². The summed E-state index contributed by atoms with van der Waals surface area (Å²) in [4.78, 5) is 63.2. The molecule has 3 rings (SSSR count). The number of fused-ring (bicyclic) bond motifs is 3. The van der Waals surface area contributed by atoms with Gasteiger partial charge in [0.15, 0.2) is 6.61 Å². The van der Waals surface area contributed by atoms with Crippen molar-refractivity contribution >= 4 is 39.4 Å². The van der Waals surface area contributed by atoms with Crippen LogP contribution in [0.2, 0.25) is 0 Å². The average Bonchev–Trinajstić information content (AvgIpc) is 2.94. The summed E-state index contributed by atoms with van der Waals surface area (Å²) in [5, 5.41) is 0. The molecule has 3 aliphatic rings. The molecule has 14 heteroatoms. The fourth-order valence-electron chi connectivity index (χ4n) is 7.91. The molecule has 3 saturated carbocycles. The first-order chi connectivity index (χ1) is 20.7. The molecule has 45 heavy (non-hydrogen) atoms. The molecule has 0 aromatic heterocycles.